The second-order valence-corrected chi connectivity index (χ2v) is 8.93. The van der Waals surface area contributed by atoms with Gasteiger partial charge in [-0.2, -0.15) is 4.31 Å². The minimum Gasteiger partial charge on any atom is -0.326 e. The molecule has 2 rings (SSSR count). The van der Waals surface area contributed by atoms with E-state index in [2.05, 4.69) is 5.32 Å². The molecule has 0 unspecified atom stereocenters. The fraction of sp³-hybridized carbons (Fsp3) is 0.409. The number of nitrogens with zero attached hydrogens (tertiary/aromatic N) is 1. The number of hydrogen-bond acceptors (Lipinski definition) is 3. The van der Waals surface area contributed by atoms with Crippen LogP contribution in [0.2, 0.25) is 0 Å². The second kappa shape index (κ2) is 10.4. The molecule has 5 nitrogen and oxygen atoms in total. The summed E-state index contributed by atoms with van der Waals surface area (Å²) in [7, 11) is -3.50. The predicted octanol–water partition coefficient (Wildman–Crippen LogP) is 4.63. The van der Waals surface area contributed by atoms with Gasteiger partial charge in [-0.05, 0) is 48.6 Å². The largest absolute Gasteiger partial charge is 0.326 e. The van der Waals surface area contributed by atoms with Gasteiger partial charge in [-0.15, -0.1) is 0 Å². The maximum Gasteiger partial charge on any atom is 0.243 e. The van der Waals surface area contributed by atoms with E-state index >= 15 is 0 Å². The van der Waals surface area contributed by atoms with Crippen molar-refractivity contribution in [2.24, 2.45) is 0 Å². The Bertz CT molecular complexity index is 843. The van der Waals surface area contributed by atoms with E-state index < -0.39 is 10.0 Å². The Kier molecular flexibility index (Phi) is 8.20. The van der Waals surface area contributed by atoms with Crippen molar-refractivity contribution >= 4 is 21.6 Å². The van der Waals surface area contributed by atoms with Crippen molar-refractivity contribution in [1.82, 2.24) is 4.31 Å². The van der Waals surface area contributed by atoms with Gasteiger partial charge in [0.2, 0.25) is 15.9 Å². The molecule has 0 aliphatic heterocycles. The fourth-order valence-electron chi connectivity index (χ4n) is 3.10. The molecule has 0 aromatic heterocycles. The number of anilines is 1. The summed E-state index contributed by atoms with van der Waals surface area (Å²) in [4.78, 5) is 12.6. The summed E-state index contributed by atoms with van der Waals surface area (Å²) < 4.78 is 27.1. The molecule has 0 bridgehead atoms. The molecular formula is C22H30N2O3S. The summed E-state index contributed by atoms with van der Waals surface area (Å²) in [6.07, 6.45) is 1.91. The number of nitrogens with one attached hydrogen (secondary N) is 1. The van der Waals surface area contributed by atoms with Crippen LogP contribution < -0.4 is 5.32 Å². The fourth-order valence-corrected chi connectivity index (χ4v) is 4.72. The third kappa shape index (κ3) is 5.91. The monoisotopic (exact) mass is 402 g/mol. The van der Waals surface area contributed by atoms with Crippen LogP contribution in [-0.4, -0.2) is 31.7 Å². The van der Waals surface area contributed by atoms with Crippen molar-refractivity contribution in [2.75, 3.05) is 18.4 Å². The molecule has 6 heteroatoms. The van der Waals surface area contributed by atoms with Crippen LogP contribution in [-0.2, 0) is 14.8 Å². The summed E-state index contributed by atoms with van der Waals surface area (Å²) in [6, 6.07) is 16.3. The maximum absolute atomic E-state index is 12.8. The molecule has 152 valence electrons. The lowest BCUT2D eigenvalue weighted by Crippen LogP contribution is -2.32. The van der Waals surface area contributed by atoms with Gasteiger partial charge < -0.3 is 5.32 Å². The SMILES string of the molecule is CCCN(CCC)S(=O)(=O)c1ccc(NC(=O)C[C@@H](C)c2ccccc2)cc1. The van der Waals surface area contributed by atoms with E-state index in [9.17, 15) is 13.2 Å². The van der Waals surface area contributed by atoms with Crippen LogP contribution in [0.15, 0.2) is 59.5 Å². The van der Waals surface area contributed by atoms with Crippen LogP contribution in [0.3, 0.4) is 0 Å². The first-order chi connectivity index (χ1) is 13.4. The smallest absolute Gasteiger partial charge is 0.243 e. The van der Waals surface area contributed by atoms with Crippen molar-refractivity contribution in [1.29, 1.82) is 0 Å². The van der Waals surface area contributed by atoms with Gasteiger partial charge in [0, 0.05) is 25.2 Å². The van der Waals surface area contributed by atoms with Gasteiger partial charge in [0.15, 0.2) is 0 Å². The van der Waals surface area contributed by atoms with Crippen LogP contribution in [0.25, 0.3) is 0 Å². The summed E-state index contributed by atoms with van der Waals surface area (Å²) >= 11 is 0. The Balaban J connectivity index is 2.02. The van der Waals surface area contributed by atoms with Gasteiger partial charge in [0.05, 0.1) is 4.90 Å². The van der Waals surface area contributed by atoms with Crippen LogP contribution >= 0.6 is 0 Å². The number of hydrogen-bond donors (Lipinski definition) is 1. The molecular weight excluding hydrogens is 372 g/mol. The van der Waals surface area contributed by atoms with E-state index in [1.165, 1.54) is 4.31 Å². The first-order valence-electron chi connectivity index (χ1n) is 9.83. The highest BCUT2D eigenvalue weighted by Crippen LogP contribution is 2.21. The number of benzene rings is 2. The summed E-state index contributed by atoms with van der Waals surface area (Å²) in [6.45, 7) is 6.96. The van der Waals surface area contributed by atoms with Crippen molar-refractivity contribution in [3.8, 4) is 0 Å². The third-order valence-corrected chi connectivity index (χ3v) is 6.49. The molecule has 0 fully saturated rings. The maximum atomic E-state index is 12.8. The molecule has 1 atom stereocenters. The van der Waals surface area contributed by atoms with Crippen LogP contribution in [0.1, 0.15) is 51.5 Å². The Morgan fingerprint density at radius 3 is 2.07 bits per heavy atom. The topological polar surface area (TPSA) is 66.5 Å². The first-order valence-corrected chi connectivity index (χ1v) is 11.3. The molecule has 2 aromatic carbocycles. The second-order valence-electron chi connectivity index (χ2n) is 6.99. The van der Waals surface area contributed by atoms with E-state index in [-0.39, 0.29) is 16.7 Å². The zero-order chi connectivity index (χ0) is 20.6. The van der Waals surface area contributed by atoms with E-state index in [0.717, 1.165) is 18.4 Å². The summed E-state index contributed by atoms with van der Waals surface area (Å²) in [5.41, 5.74) is 1.72. The molecule has 0 saturated heterocycles. The zero-order valence-corrected chi connectivity index (χ0v) is 17.7. The van der Waals surface area contributed by atoms with Gasteiger partial charge in [0.25, 0.3) is 0 Å². The molecule has 1 N–H and O–H groups in total. The third-order valence-electron chi connectivity index (χ3n) is 4.58. The lowest BCUT2D eigenvalue weighted by Gasteiger charge is -2.21. The Hall–Kier alpha value is -2.18. The van der Waals surface area contributed by atoms with Gasteiger partial charge >= 0.3 is 0 Å². The summed E-state index contributed by atoms with van der Waals surface area (Å²) in [5.74, 6) is 0.0167. The number of sulfonamides is 1. The highest BCUT2D eigenvalue weighted by molar-refractivity contribution is 7.89. The van der Waals surface area contributed by atoms with Crippen molar-refractivity contribution in [3.63, 3.8) is 0 Å². The van der Waals surface area contributed by atoms with E-state index in [0.29, 0.717) is 25.2 Å². The molecule has 0 aliphatic carbocycles. The summed E-state index contributed by atoms with van der Waals surface area (Å²) in [5, 5.41) is 2.85. The molecule has 0 spiro atoms. The number of rotatable bonds is 10. The molecule has 0 radical (unpaired) electrons. The molecule has 1 amide bonds. The highest BCUT2D eigenvalue weighted by Gasteiger charge is 2.23. The molecule has 0 aliphatic rings. The van der Waals surface area contributed by atoms with Crippen molar-refractivity contribution in [3.05, 3.63) is 60.2 Å². The molecule has 0 saturated carbocycles. The quantitative estimate of drug-likeness (QED) is 0.630. The predicted molar refractivity (Wildman–Crippen MR) is 114 cm³/mol. The number of carbonyl (C=O) groups excluding carboxylic acids is 1. The first kappa shape index (κ1) is 22.1. The molecule has 0 heterocycles. The zero-order valence-electron chi connectivity index (χ0n) is 16.9. The van der Waals surface area contributed by atoms with E-state index in [1.54, 1.807) is 24.3 Å². The van der Waals surface area contributed by atoms with Gasteiger partial charge in [0.1, 0.15) is 0 Å². The molecule has 2 aromatic rings. The van der Waals surface area contributed by atoms with Crippen LogP contribution in [0.5, 0.6) is 0 Å². The van der Waals surface area contributed by atoms with E-state index in [4.69, 9.17) is 0 Å². The average molecular weight is 403 g/mol. The number of carbonyl (C=O) groups is 1. The van der Waals surface area contributed by atoms with Gasteiger partial charge in [-0.25, -0.2) is 8.42 Å². The average Bonchev–Trinajstić information content (AvgIpc) is 2.68. The van der Waals surface area contributed by atoms with E-state index in [1.807, 2.05) is 51.1 Å². The minimum atomic E-state index is -3.50. The lowest BCUT2D eigenvalue weighted by molar-refractivity contribution is -0.116. The van der Waals surface area contributed by atoms with Crippen molar-refractivity contribution in [2.45, 2.75) is 50.8 Å². The Morgan fingerprint density at radius 2 is 1.54 bits per heavy atom. The van der Waals surface area contributed by atoms with Crippen molar-refractivity contribution < 1.29 is 13.2 Å². The normalized spacial score (nSPS) is 12.7. The Labute approximate surface area is 168 Å². The standard InChI is InChI=1S/C22H30N2O3S/c1-4-15-24(16-5-2)28(26,27)21-13-11-20(12-14-21)23-22(25)17-18(3)19-9-7-6-8-10-19/h6-14,18H,4-5,15-17H2,1-3H3,(H,23,25)/t18-/m1/s1. The number of amides is 1. The minimum absolute atomic E-state index is 0.0921. The van der Waals surface area contributed by atoms with Gasteiger partial charge in [-0.1, -0.05) is 51.1 Å². The lowest BCUT2D eigenvalue weighted by atomic mass is 9.97. The van der Waals surface area contributed by atoms with Crippen LogP contribution in [0, 0.1) is 0 Å². The Morgan fingerprint density at radius 1 is 0.964 bits per heavy atom. The highest BCUT2D eigenvalue weighted by atomic mass is 32.2. The van der Waals surface area contributed by atoms with Gasteiger partial charge in [-0.3, -0.25) is 4.79 Å². The molecule has 28 heavy (non-hydrogen) atoms. The van der Waals surface area contributed by atoms with Crippen LogP contribution in [0.4, 0.5) is 5.69 Å².